The summed E-state index contributed by atoms with van der Waals surface area (Å²) in [5.41, 5.74) is -0.380. The van der Waals surface area contributed by atoms with E-state index in [0.29, 0.717) is 0 Å². The Morgan fingerprint density at radius 3 is 2.94 bits per heavy atom. The number of pyridine rings is 1. The molecule has 80 valence electrons. The molecular weight excluding hydrogens is 210 g/mol. The van der Waals surface area contributed by atoms with Crippen LogP contribution in [0.5, 0.6) is 0 Å². The van der Waals surface area contributed by atoms with Crippen LogP contribution in [0.3, 0.4) is 0 Å². The van der Waals surface area contributed by atoms with Crippen molar-refractivity contribution in [1.82, 2.24) is 20.2 Å². The summed E-state index contributed by atoms with van der Waals surface area (Å²) in [6.45, 7) is 0. The molecule has 2 rings (SSSR count). The van der Waals surface area contributed by atoms with Gasteiger partial charge in [-0.3, -0.25) is 14.9 Å². The van der Waals surface area contributed by atoms with Crippen molar-refractivity contribution >= 4 is 11.9 Å². The lowest BCUT2D eigenvalue weighted by atomic mass is 10.2. The Kier molecular flexibility index (Phi) is 2.68. The van der Waals surface area contributed by atoms with Gasteiger partial charge in [-0.15, -0.1) is 5.10 Å². The molecule has 0 fully saturated rings. The van der Waals surface area contributed by atoms with Gasteiger partial charge in [0.15, 0.2) is 5.43 Å². The Hall–Kier alpha value is -2.57. The van der Waals surface area contributed by atoms with Gasteiger partial charge in [0.1, 0.15) is 5.56 Å². The number of carbonyl (C=O) groups is 1. The molecule has 2 aromatic heterocycles. The number of amides is 1. The number of hydrogen-bond donors (Lipinski definition) is 2. The van der Waals surface area contributed by atoms with Gasteiger partial charge in [0, 0.05) is 18.5 Å². The zero-order valence-electron chi connectivity index (χ0n) is 8.04. The molecule has 0 saturated heterocycles. The maximum atomic E-state index is 11.6. The minimum Gasteiger partial charge on any atom is -0.367 e. The average Bonchev–Trinajstić information content (AvgIpc) is 2.31. The molecule has 0 aliphatic heterocycles. The molecule has 2 heterocycles. The first-order valence-corrected chi connectivity index (χ1v) is 4.39. The van der Waals surface area contributed by atoms with E-state index in [2.05, 4.69) is 25.5 Å². The predicted octanol–water partition coefficient (Wildman–Crippen LogP) is -0.188. The van der Waals surface area contributed by atoms with Crippen molar-refractivity contribution in [2.75, 3.05) is 5.32 Å². The quantitative estimate of drug-likeness (QED) is 0.726. The van der Waals surface area contributed by atoms with Crippen LogP contribution in [0.4, 0.5) is 5.95 Å². The largest absolute Gasteiger partial charge is 0.367 e. The van der Waals surface area contributed by atoms with Gasteiger partial charge in [-0.1, -0.05) is 0 Å². The fourth-order valence-electron chi connectivity index (χ4n) is 1.07. The maximum absolute atomic E-state index is 11.6. The summed E-state index contributed by atoms with van der Waals surface area (Å²) < 4.78 is 0. The zero-order valence-corrected chi connectivity index (χ0v) is 8.04. The third-order valence-corrected chi connectivity index (χ3v) is 1.78. The van der Waals surface area contributed by atoms with Crippen molar-refractivity contribution < 1.29 is 4.79 Å². The van der Waals surface area contributed by atoms with Crippen LogP contribution in [0.2, 0.25) is 0 Å². The lowest BCUT2D eigenvalue weighted by molar-refractivity contribution is 0.102. The molecule has 0 radical (unpaired) electrons. The lowest BCUT2D eigenvalue weighted by Crippen LogP contribution is -2.22. The van der Waals surface area contributed by atoms with Gasteiger partial charge in [0.25, 0.3) is 5.91 Å². The molecule has 0 aromatic carbocycles. The monoisotopic (exact) mass is 217 g/mol. The Morgan fingerprint density at radius 2 is 2.25 bits per heavy atom. The summed E-state index contributed by atoms with van der Waals surface area (Å²) in [5.74, 6) is -0.523. The average molecular weight is 217 g/mol. The summed E-state index contributed by atoms with van der Waals surface area (Å²) in [5, 5.41) is 9.46. The van der Waals surface area contributed by atoms with Crippen molar-refractivity contribution in [1.29, 1.82) is 0 Å². The van der Waals surface area contributed by atoms with E-state index >= 15 is 0 Å². The summed E-state index contributed by atoms with van der Waals surface area (Å²) in [7, 11) is 0. The summed E-state index contributed by atoms with van der Waals surface area (Å²) in [4.78, 5) is 29.3. The molecule has 7 nitrogen and oxygen atoms in total. The first kappa shape index (κ1) is 9.97. The van der Waals surface area contributed by atoms with E-state index in [1.54, 1.807) is 0 Å². The molecule has 0 aliphatic rings. The number of rotatable bonds is 2. The standard InChI is InChI=1S/C9H7N5O2/c15-7-1-2-10-5-6(7)8(16)13-9-11-3-4-12-14-9/h1-5H,(H,10,15)(H,11,13,14,16). The van der Waals surface area contributed by atoms with Crippen molar-refractivity contribution in [2.24, 2.45) is 0 Å². The molecular formula is C9H7N5O2. The van der Waals surface area contributed by atoms with Crippen molar-refractivity contribution in [3.8, 4) is 0 Å². The highest BCUT2D eigenvalue weighted by Crippen LogP contribution is 1.96. The third-order valence-electron chi connectivity index (χ3n) is 1.78. The van der Waals surface area contributed by atoms with Gasteiger partial charge in [-0.2, -0.15) is 5.10 Å². The molecule has 2 aromatic rings. The van der Waals surface area contributed by atoms with E-state index in [0.717, 1.165) is 0 Å². The topological polar surface area (TPSA) is 101 Å². The first-order chi connectivity index (χ1) is 7.77. The highest BCUT2D eigenvalue weighted by Gasteiger charge is 2.10. The number of aromatic nitrogens is 4. The van der Waals surface area contributed by atoms with Gasteiger partial charge < -0.3 is 4.98 Å². The van der Waals surface area contributed by atoms with Gasteiger partial charge in [-0.25, -0.2) is 4.98 Å². The van der Waals surface area contributed by atoms with E-state index in [9.17, 15) is 9.59 Å². The van der Waals surface area contributed by atoms with Crippen LogP contribution >= 0.6 is 0 Å². The lowest BCUT2D eigenvalue weighted by Gasteiger charge is -2.00. The molecule has 0 aliphatic carbocycles. The van der Waals surface area contributed by atoms with Crippen LogP contribution < -0.4 is 10.7 Å². The van der Waals surface area contributed by atoms with E-state index < -0.39 is 5.91 Å². The summed E-state index contributed by atoms with van der Waals surface area (Å²) in [6, 6.07) is 1.26. The maximum Gasteiger partial charge on any atom is 0.263 e. The highest BCUT2D eigenvalue weighted by molar-refractivity contribution is 6.02. The summed E-state index contributed by atoms with van der Waals surface area (Å²) >= 11 is 0. The normalized spacial score (nSPS) is 9.75. The second kappa shape index (κ2) is 4.30. The van der Waals surface area contributed by atoms with Crippen molar-refractivity contribution in [3.63, 3.8) is 0 Å². The summed E-state index contributed by atoms with van der Waals surface area (Å²) in [6.07, 6.45) is 5.52. The number of aromatic amines is 1. The SMILES string of the molecule is O=C(Nc1nccnn1)c1c[nH]ccc1=O. The minimum atomic E-state index is -0.574. The molecule has 1 amide bonds. The Morgan fingerprint density at radius 1 is 1.38 bits per heavy atom. The number of nitrogens with zero attached hydrogens (tertiary/aromatic N) is 3. The Balaban J connectivity index is 2.22. The van der Waals surface area contributed by atoms with E-state index in [-0.39, 0.29) is 16.9 Å². The van der Waals surface area contributed by atoms with E-state index in [1.807, 2.05) is 0 Å². The van der Waals surface area contributed by atoms with Crippen LogP contribution in [0, 0.1) is 0 Å². The van der Waals surface area contributed by atoms with Crippen LogP contribution in [-0.2, 0) is 0 Å². The van der Waals surface area contributed by atoms with Gasteiger partial charge >= 0.3 is 0 Å². The van der Waals surface area contributed by atoms with Gasteiger partial charge in [0.2, 0.25) is 5.95 Å². The number of hydrogen-bond acceptors (Lipinski definition) is 5. The predicted molar refractivity (Wildman–Crippen MR) is 54.8 cm³/mol. The second-order valence-electron chi connectivity index (χ2n) is 2.84. The molecule has 16 heavy (non-hydrogen) atoms. The number of carbonyl (C=O) groups excluding carboxylic acids is 1. The Bertz CT molecular complexity index is 551. The van der Waals surface area contributed by atoms with Gasteiger partial charge in [0.05, 0.1) is 12.4 Å². The van der Waals surface area contributed by atoms with Crippen molar-refractivity contribution in [2.45, 2.75) is 0 Å². The molecule has 7 heteroatoms. The van der Waals surface area contributed by atoms with E-state index in [1.165, 1.54) is 30.9 Å². The van der Waals surface area contributed by atoms with Crippen LogP contribution in [-0.4, -0.2) is 26.1 Å². The van der Waals surface area contributed by atoms with E-state index in [4.69, 9.17) is 0 Å². The van der Waals surface area contributed by atoms with Gasteiger partial charge in [-0.05, 0) is 0 Å². The minimum absolute atomic E-state index is 0.00467. The molecule has 0 spiro atoms. The molecule has 2 N–H and O–H groups in total. The number of nitrogens with one attached hydrogen (secondary N) is 2. The number of anilines is 1. The van der Waals surface area contributed by atoms with Crippen molar-refractivity contribution in [3.05, 3.63) is 46.6 Å². The fourth-order valence-corrected chi connectivity index (χ4v) is 1.07. The first-order valence-electron chi connectivity index (χ1n) is 4.39. The third kappa shape index (κ3) is 2.08. The van der Waals surface area contributed by atoms with Crippen LogP contribution in [0.15, 0.2) is 35.6 Å². The van der Waals surface area contributed by atoms with Crippen LogP contribution in [0.1, 0.15) is 10.4 Å². The van der Waals surface area contributed by atoms with Crippen LogP contribution in [0.25, 0.3) is 0 Å². The molecule has 0 unspecified atom stereocenters. The second-order valence-corrected chi connectivity index (χ2v) is 2.84. The molecule has 0 bridgehead atoms. The molecule has 0 saturated carbocycles. The molecule has 0 atom stereocenters. The fraction of sp³-hybridized carbons (Fsp3) is 0. The zero-order chi connectivity index (χ0) is 11.4. The smallest absolute Gasteiger partial charge is 0.263 e. The Labute approximate surface area is 89.6 Å². The number of H-pyrrole nitrogens is 1. The highest BCUT2D eigenvalue weighted by atomic mass is 16.2.